The van der Waals surface area contributed by atoms with Gasteiger partial charge in [0.1, 0.15) is 0 Å². The van der Waals surface area contributed by atoms with Crippen LogP contribution in [-0.4, -0.2) is 19.1 Å². The molecule has 66 heavy (non-hydrogen) atoms. The van der Waals surface area contributed by atoms with E-state index in [-0.39, 0.29) is 0 Å². The molecule has 8 aromatic carbocycles. The molecule has 0 spiro atoms. The molecule has 0 saturated heterocycles. The van der Waals surface area contributed by atoms with E-state index in [1.165, 1.54) is 32.7 Å². The summed E-state index contributed by atoms with van der Waals surface area (Å²) in [5.41, 5.74) is 17.5. The Kier molecular flexibility index (Phi) is 9.50. The Balaban J connectivity index is 1.05. The van der Waals surface area contributed by atoms with Crippen LogP contribution in [0.3, 0.4) is 0 Å². The predicted molar refractivity (Wildman–Crippen MR) is 275 cm³/mol. The molecule has 0 unspecified atom stereocenters. The highest BCUT2D eigenvalue weighted by Gasteiger charge is 2.23. The minimum Gasteiger partial charge on any atom is -0.310 e. The maximum absolute atomic E-state index is 4.80. The normalized spacial score (nSPS) is 11.5. The third-order valence-corrected chi connectivity index (χ3v) is 12.8. The summed E-state index contributed by atoms with van der Waals surface area (Å²) in [7, 11) is 0. The van der Waals surface area contributed by atoms with E-state index in [9.17, 15) is 0 Å². The van der Waals surface area contributed by atoms with Gasteiger partial charge in [0.15, 0.2) is 0 Å². The van der Waals surface area contributed by atoms with E-state index in [1.807, 2.05) is 24.8 Å². The number of anilines is 6. The molecule has 0 bridgehead atoms. The molecule has 0 aliphatic heterocycles. The summed E-state index contributed by atoms with van der Waals surface area (Å²) in [6.07, 6.45) is 7.79. The molecule has 0 atom stereocenters. The first kappa shape index (κ1) is 38.9. The smallest absolute Gasteiger partial charge is 0.0572 e. The van der Waals surface area contributed by atoms with Gasteiger partial charge in [-0.25, -0.2) is 0 Å². The highest BCUT2D eigenvalue weighted by atomic mass is 15.1. The van der Waals surface area contributed by atoms with Gasteiger partial charge in [-0.2, -0.15) is 0 Å². The number of hydrogen-bond acceptors (Lipinski definition) is 4. The Labute approximate surface area is 383 Å². The summed E-state index contributed by atoms with van der Waals surface area (Å²) in [6, 6.07) is 73.9. The van der Waals surface area contributed by atoms with Crippen LogP contribution in [0.5, 0.6) is 0 Å². The molecule has 0 aliphatic carbocycles. The zero-order valence-corrected chi connectivity index (χ0v) is 36.6. The number of pyridine rings is 2. The number of benzene rings is 8. The maximum Gasteiger partial charge on any atom is 0.0572 e. The van der Waals surface area contributed by atoms with Crippen LogP contribution in [0.15, 0.2) is 231 Å². The van der Waals surface area contributed by atoms with Crippen LogP contribution in [0.1, 0.15) is 11.1 Å². The standard InChI is InChI=1S/C60H44N6/c1-41-23-27-55-49(35-41)51-37-47(63(43-15-7-3-8-16-43)44-17-9-4-10-18-44)25-29-57(51)65(55)59-31-33-61-39-53(59)54-40-62-34-32-60(54)66-56-28-24-42(2)36-50(56)52-38-48(26-30-58(52)66)64(45-19-11-5-12-20-45)46-21-13-6-14-22-46/h3-40H,1-2H3. The van der Waals surface area contributed by atoms with Gasteiger partial charge >= 0.3 is 0 Å². The number of rotatable bonds is 9. The van der Waals surface area contributed by atoms with E-state index in [0.29, 0.717) is 0 Å². The number of hydrogen-bond donors (Lipinski definition) is 0. The van der Waals surface area contributed by atoms with Crippen LogP contribution in [0, 0.1) is 13.8 Å². The van der Waals surface area contributed by atoms with E-state index in [0.717, 1.165) is 78.7 Å². The lowest BCUT2D eigenvalue weighted by Gasteiger charge is -2.25. The fraction of sp³-hybridized carbons (Fsp3) is 0.0333. The summed E-state index contributed by atoms with van der Waals surface area (Å²) < 4.78 is 4.81. The van der Waals surface area contributed by atoms with Crippen molar-refractivity contribution in [3.8, 4) is 22.5 Å². The summed E-state index contributed by atoms with van der Waals surface area (Å²) in [6.45, 7) is 4.34. The molecule has 0 fully saturated rings. The fourth-order valence-corrected chi connectivity index (χ4v) is 9.83. The molecule has 4 aromatic heterocycles. The molecule has 0 aliphatic rings. The van der Waals surface area contributed by atoms with Gasteiger partial charge < -0.3 is 18.9 Å². The van der Waals surface area contributed by atoms with Crippen molar-refractivity contribution in [2.45, 2.75) is 13.8 Å². The second-order valence-electron chi connectivity index (χ2n) is 16.9. The Morgan fingerprint density at radius 3 is 0.985 bits per heavy atom. The number of fused-ring (bicyclic) bond motifs is 6. The lowest BCUT2D eigenvalue weighted by Crippen LogP contribution is -2.09. The Morgan fingerprint density at radius 2 is 0.636 bits per heavy atom. The van der Waals surface area contributed by atoms with Crippen LogP contribution < -0.4 is 9.80 Å². The van der Waals surface area contributed by atoms with E-state index < -0.39 is 0 Å². The Bertz CT molecular complexity index is 3400. The summed E-state index contributed by atoms with van der Waals surface area (Å²) in [4.78, 5) is 14.2. The van der Waals surface area contributed by atoms with Crippen LogP contribution in [0.25, 0.3) is 66.1 Å². The summed E-state index contributed by atoms with van der Waals surface area (Å²) >= 11 is 0. The second-order valence-corrected chi connectivity index (χ2v) is 16.9. The zero-order chi connectivity index (χ0) is 44.1. The lowest BCUT2D eigenvalue weighted by molar-refractivity contribution is 1.13. The quantitative estimate of drug-likeness (QED) is 0.145. The van der Waals surface area contributed by atoms with E-state index in [1.54, 1.807) is 0 Å². The predicted octanol–water partition coefficient (Wildman–Crippen LogP) is 15.9. The number of aryl methyl sites for hydroxylation is 2. The van der Waals surface area contributed by atoms with Crippen LogP contribution >= 0.6 is 0 Å². The molecular weight excluding hydrogens is 805 g/mol. The third-order valence-electron chi connectivity index (χ3n) is 12.8. The van der Waals surface area contributed by atoms with E-state index in [4.69, 9.17) is 9.97 Å². The van der Waals surface area contributed by atoms with Gasteiger partial charge in [0.2, 0.25) is 0 Å². The van der Waals surface area contributed by atoms with Gasteiger partial charge in [0, 0.05) is 91.6 Å². The summed E-state index contributed by atoms with van der Waals surface area (Å²) in [5, 5.41) is 4.73. The first-order chi connectivity index (χ1) is 32.6. The average Bonchev–Trinajstić information content (AvgIpc) is 3.86. The van der Waals surface area contributed by atoms with Gasteiger partial charge in [-0.15, -0.1) is 0 Å². The van der Waals surface area contributed by atoms with Crippen molar-refractivity contribution < 1.29 is 0 Å². The largest absolute Gasteiger partial charge is 0.310 e. The number of para-hydroxylation sites is 4. The van der Waals surface area contributed by atoms with Gasteiger partial charge in [0.05, 0.1) is 33.4 Å². The molecule has 6 nitrogen and oxygen atoms in total. The van der Waals surface area contributed by atoms with Gasteiger partial charge in [-0.05, 0) is 135 Å². The number of nitrogens with zero attached hydrogens (tertiary/aromatic N) is 6. The van der Waals surface area contributed by atoms with Crippen molar-refractivity contribution in [3.05, 3.63) is 242 Å². The maximum atomic E-state index is 4.80. The van der Waals surface area contributed by atoms with Crippen molar-refractivity contribution in [2.24, 2.45) is 0 Å². The van der Waals surface area contributed by atoms with Gasteiger partial charge in [0.25, 0.3) is 0 Å². The van der Waals surface area contributed by atoms with Crippen molar-refractivity contribution in [3.63, 3.8) is 0 Å². The molecule has 314 valence electrons. The van der Waals surface area contributed by atoms with Crippen molar-refractivity contribution >= 4 is 77.7 Å². The highest BCUT2D eigenvalue weighted by molar-refractivity contribution is 6.13. The van der Waals surface area contributed by atoms with Crippen molar-refractivity contribution in [2.75, 3.05) is 9.80 Å². The molecule has 0 radical (unpaired) electrons. The fourth-order valence-electron chi connectivity index (χ4n) is 9.83. The Hall–Kier alpha value is -8.74. The monoisotopic (exact) mass is 848 g/mol. The van der Waals surface area contributed by atoms with Crippen LogP contribution in [0.2, 0.25) is 0 Å². The minimum atomic E-state index is 0.984. The highest BCUT2D eigenvalue weighted by Crippen LogP contribution is 2.44. The molecule has 12 rings (SSSR count). The van der Waals surface area contributed by atoms with Crippen LogP contribution in [-0.2, 0) is 0 Å². The van der Waals surface area contributed by atoms with Crippen molar-refractivity contribution in [1.82, 2.24) is 19.1 Å². The van der Waals surface area contributed by atoms with E-state index in [2.05, 4.69) is 239 Å². The molecule has 0 N–H and O–H groups in total. The average molecular weight is 849 g/mol. The summed E-state index contributed by atoms with van der Waals surface area (Å²) in [5.74, 6) is 0. The second kappa shape index (κ2) is 16.1. The first-order valence-corrected chi connectivity index (χ1v) is 22.4. The molecule has 6 heteroatoms. The first-order valence-electron chi connectivity index (χ1n) is 22.4. The lowest BCUT2D eigenvalue weighted by atomic mass is 10.0. The topological polar surface area (TPSA) is 42.1 Å². The number of aromatic nitrogens is 4. The minimum absolute atomic E-state index is 0.984. The molecule has 0 amide bonds. The molecule has 12 aromatic rings. The van der Waals surface area contributed by atoms with Gasteiger partial charge in [-0.3, -0.25) is 9.97 Å². The Morgan fingerprint density at radius 1 is 0.318 bits per heavy atom. The molecular formula is C60H44N6. The SMILES string of the molecule is Cc1ccc2c(c1)c1cc(N(c3ccccc3)c3ccccc3)ccc1n2-c1ccncc1-c1cnccc1-n1c2ccc(C)cc2c2cc(N(c3ccccc3)c3ccccc3)ccc21. The zero-order valence-electron chi connectivity index (χ0n) is 36.6. The van der Waals surface area contributed by atoms with E-state index >= 15 is 0 Å². The molecule has 4 heterocycles. The van der Waals surface area contributed by atoms with Gasteiger partial charge in [-0.1, -0.05) is 96.1 Å². The molecule has 0 saturated carbocycles. The third kappa shape index (κ3) is 6.58. The van der Waals surface area contributed by atoms with Crippen LogP contribution in [0.4, 0.5) is 34.1 Å². The van der Waals surface area contributed by atoms with Crippen molar-refractivity contribution in [1.29, 1.82) is 0 Å².